The molecule has 0 bridgehead atoms. The molecule has 2 N–H and O–H groups in total. The van der Waals surface area contributed by atoms with E-state index in [0.717, 1.165) is 18.2 Å². The lowest BCUT2D eigenvalue weighted by Gasteiger charge is -2.23. The van der Waals surface area contributed by atoms with Crippen LogP contribution >= 0.6 is 0 Å². The van der Waals surface area contributed by atoms with Gasteiger partial charge in [0.1, 0.15) is 29.9 Å². The van der Waals surface area contributed by atoms with Gasteiger partial charge in [-0.1, -0.05) is 6.07 Å². The van der Waals surface area contributed by atoms with Gasteiger partial charge in [0.05, 0.1) is 5.56 Å². The highest BCUT2D eigenvalue weighted by Gasteiger charge is 2.37. The predicted octanol–water partition coefficient (Wildman–Crippen LogP) is 1.36. The first-order valence-corrected chi connectivity index (χ1v) is 9.32. The number of amides is 1. The van der Waals surface area contributed by atoms with Gasteiger partial charge in [-0.2, -0.15) is 13.7 Å². The minimum atomic E-state index is -4.27. The molecule has 0 aliphatic carbocycles. The molecule has 0 unspecified atom stereocenters. The second-order valence-corrected chi connectivity index (χ2v) is 7.71. The summed E-state index contributed by atoms with van der Waals surface area (Å²) in [4.78, 5) is 12.8. The van der Waals surface area contributed by atoms with E-state index in [1.165, 1.54) is 17.0 Å². The molecule has 1 saturated heterocycles. The average Bonchev–Trinajstić information content (AvgIpc) is 2.88. The van der Waals surface area contributed by atoms with E-state index in [0.29, 0.717) is 9.87 Å². The summed E-state index contributed by atoms with van der Waals surface area (Å²) in [6.07, 6.45) is 0. The maximum Gasteiger partial charge on any atom is 0.326 e. The van der Waals surface area contributed by atoms with Crippen LogP contribution in [0.5, 0.6) is 5.75 Å². The van der Waals surface area contributed by atoms with Crippen LogP contribution < -0.4 is 13.9 Å². The third-order valence-corrected chi connectivity index (χ3v) is 5.49. The topological polar surface area (TPSA) is 114 Å². The summed E-state index contributed by atoms with van der Waals surface area (Å²) in [6.45, 7) is -0.482. The van der Waals surface area contributed by atoms with Gasteiger partial charge in [-0.3, -0.25) is 4.79 Å². The highest BCUT2D eigenvalue weighted by atomic mass is 32.2. The number of rotatable bonds is 4. The Hall–Kier alpha value is -3.39. The molecule has 1 amide bonds. The minimum absolute atomic E-state index is 0.133. The van der Waals surface area contributed by atoms with Crippen molar-refractivity contribution in [3.05, 3.63) is 53.1 Å². The van der Waals surface area contributed by atoms with E-state index in [9.17, 15) is 27.1 Å². The van der Waals surface area contributed by atoms with Crippen molar-refractivity contribution in [2.24, 2.45) is 0 Å². The van der Waals surface area contributed by atoms with Gasteiger partial charge in [0, 0.05) is 25.3 Å². The van der Waals surface area contributed by atoms with E-state index in [4.69, 9.17) is 5.26 Å². The lowest BCUT2D eigenvalue weighted by atomic mass is 10.1. The summed E-state index contributed by atoms with van der Waals surface area (Å²) in [6, 6.07) is 7.83. The summed E-state index contributed by atoms with van der Waals surface area (Å²) >= 11 is 0. The molecule has 0 aromatic heterocycles. The van der Waals surface area contributed by atoms with Crippen LogP contribution in [0.25, 0.3) is 0 Å². The molecule has 0 radical (unpaired) electrons. The first-order chi connectivity index (χ1) is 13.1. The molecular weight excluding hydrogens is 394 g/mol. The maximum atomic E-state index is 14.6. The first-order valence-electron chi connectivity index (χ1n) is 7.88. The molecule has 2 aromatic rings. The number of benzene rings is 2. The predicted molar refractivity (Wildman–Crippen MR) is 95.7 cm³/mol. The van der Waals surface area contributed by atoms with Crippen molar-refractivity contribution < 1.29 is 27.1 Å². The van der Waals surface area contributed by atoms with Gasteiger partial charge in [0.15, 0.2) is 5.82 Å². The third-order valence-electron chi connectivity index (χ3n) is 4.11. The zero-order chi connectivity index (χ0) is 20.6. The Morgan fingerprint density at radius 1 is 1.29 bits per heavy atom. The highest BCUT2D eigenvalue weighted by molar-refractivity contribution is 7.92. The van der Waals surface area contributed by atoms with Crippen molar-refractivity contribution in [3.63, 3.8) is 0 Å². The Morgan fingerprint density at radius 3 is 2.57 bits per heavy atom. The second kappa shape index (κ2) is 6.97. The largest absolute Gasteiger partial charge is 0.506 e. The summed E-state index contributed by atoms with van der Waals surface area (Å²) in [7, 11) is -2.70. The van der Waals surface area contributed by atoms with Crippen molar-refractivity contribution in [2.45, 2.75) is 6.54 Å². The van der Waals surface area contributed by atoms with Crippen molar-refractivity contribution >= 4 is 27.5 Å². The van der Waals surface area contributed by atoms with Crippen LogP contribution in [-0.2, 0) is 21.5 Å². The number of carbonyl (C=O) groups is 1. The van der Waals surface area contributed by atoms with Gasteiger partial charge in [-0.15, -0.1) is 0 Å². The summed E-state index contributed by atoms with van der Waals surface area (Å²) < 4.78 is 53.9. The van der Waals surface area contributed by atoms with Gasteiger partial charge >= 0.3 is 10.2 Å². The Bertz CT molecular complexity index is 1090. The molecule has 1 heterocycles. The Balaban J connectivity index is 1.90. The lowest BCUT2D eigenvalue weighted by molar-refractivity contribution is -0.117. The Labute approximate surface area is 159 Å². The number of phenolic OH excluding ortho intramolecular Hbond substituents is 1. The summed E-state index contributed by atoms with van der Waals surface area (Å²) in [5.74, 6) is -3.21. The van der Waals surface area contributed by atoms with E-state index in [1.54, 1.807) is 17.8 Å². The van der Waals surface area contributed by atoms with Crippen LogP contribution in [0.1, 0.15) is 11.1 Å². The summed E-state index contributed by atoms with van der Waals surface area (Å²) in [5, 5.41) is 19.1. The number of phenols is 1. The van der Waals surface area contributed by atoms with E-state index >= 15 is 0 Å². The van der Waals surface area contributed by atoms with Gasteiger partial charge in [-0.05, 0) is 23.8 Å². The molecule has 8 nitrogen and oxygen atoms in total. The number of hydrogen-bond donors (Lipinski definition) is 2. The minimum Gasteiger partial charge on any atom is -0.506 e. The molecule has 146 valence electrons. The standard InChI is InChI=1S/C17H14F2N4O4S/c1-22(8-10-2-3-13(18)11(4-10)7-20)12-5-14(19)17(15(24)6-12)23-9-16(25)21-28(23,26)27/h2-6,24H,8-9H2,1H3,(H,21,25). The molecule has 0 saturated carbocycles. The van der Waals surface area contributed by atoms with Crippen LogP contribution in [0.3, 0.4) is 0 Å². The molecular formula is C17H14F2N4O4S. The number of halogens is 2. The van der Waals surface area contributed by atoms with Gasteiger partial charge in [0.2, 0.25) is 0 Å². The van der Waals surface area contributed by atoms with Crippen molar-refractivity contribution in [1.29, 1.82) is 5.26 Å². The monoisotopic (exact) mass is 408 g/mol. The van der Waals surface area contributed by atoms with Crippen LogP contribution in [0.2, 0.25) is 0 Å². The van der Waals surface area contributed by atoms with Gasteiger partial charge in [0.25, 0.3) is 5.91 Å². The van der Waals surface area contributed by atoms with Crippen molar-refractivity contribution in [2.75, 3.05) is 22.8 Å². The first kappa shape index (κ1) is 19.4. The van der Waals surface area contributed by atoms with Crippen molar-refractivity contribution in [3.8, 4) is 11.8 Å². The number of hydrogen-bond acceptors (Lipinski definition) is 6. The number of nitrogens with zero attached hydrogens (tertiary/aromatic N) is 3. The zero-order valence-electron chi connectivity index (χ0n) is 14.5. The molecule has 0 spiro atoms. The molecule has 3 rings (SSSR count). The fourth-order valence-electron chi connectivity index (χ4n) is 2.81. The number of nitriles is 1. The summed E-state index contributed by atoms with van der Waals surface area (Å²) in [5.41, 5.74) is 0.00883. The Morgan fingerprint density at radius 2 is 2.00 bits per heavy atom. The van der Waals surface area contributed by atoms with E-state index in [1.807, 2.05) is 0 Å². The molecule has 11 heteroatoms. The number of carbonyl (C=O) groups excluding carboxylic acids is 1. The fourth-order valence-corrected chi connectivity index (χ4v) is 3.98. The van der Waals surface area contributed by atoms with Gasteiger partial charge in [-0.25, -0.2) is 17.8 Å². The average molecular weight is 408 g/mol. The van der Waals surface area contributed by atoms with Gasteiger partial charge < -0.3 is 10.0 Å². The quantitative estimate of drug-likeness (QED) is 0.790. The molecule has 1 fully saturated rings. The number of anilines is 2. The Kier molecular flexibility index (Phi) is 4.82. The second-order valence-electron chi connectivity index (χ2n) is 6.11. The molecule has 1 aliphatic rings. The molecule has 2 aromatic carbocycles. The third kappa shape index (κ3) is 3.54. The molecule has 28 heavy (non-hydrogen) atoms. The smallest absolute Gasteiger partial charge is 0.326 e. The van der Waals surface area contributed by atoms with E-state index in [-0.39, 0.29) is 17.8 Å². The van der Waals surface area contributed by atoms with Crippen LogP contribution in [0, 0.1) is 23.0 Å². The van der Waals surface area contributed by atoms with E-state index < -0.39 is 45.7 Å². The maximum absolute atomic E-state index is 14.6. The lowest BCUT2D eigenvalue weighted by Crippen LogP contribution is -2.30. The van der Waals surface area contributed by atoms with Crippen LogP contribution in [0.4, 0.5) is 20.2 Å². The SMILES string of the molecule is CN(Cc1ccc(F)c(C#N)c1)c1cc(O)c(N2CC(=O)NS2(=O)=O)c(F)c1. The van der Waals surface area contributed by atoms with Crippen molar-refractivity contribution in [1.82, 2.24) is 4.72 Å². The van der Waals surface area contributed by atoms with Crippen LogP contribution in [-0.4, -0.2) is 33.0 Å². The number of nitrogens with one attached hydrogen (secondary N) is 1. The van der Waals surface area contributed by atoms with Crippen LogP contribution in [0.15, 0.2) is 30.3 Å². The van der Waals surface area contributed by atoms with E-state index in [2.05, 4.69) is 0 Å². The number of aromatic hydroxyl groups is 1. The highest BCUT2D eigenvalue weighted by Crippen LogP contribution is 2.37. The fraction of sp³-hybridized carbons (Fsp3) is 0.176. The normalized spacial score (nSPS) is 15.2. The molecule has 1 aliphatic heterocycles. The molecule has 0 atom stereocenters. The zero-order valence-corrected chi connectivity index (χ0v) is 15.3.